The number of nitrogens with zero attached hydrogens (tertiary/aromatic N) is 1. The highest BCUT2D eigenvalue weighted by Crippen LogP contribution is 2.24. The van der Waals surface area contributed by atoms with Crippen LogP contribution in [0, 0.1) is 0 Å². The second-order valence-electron chi connectivity index (χ2n) is 4.76. The van der Waals surface area contributed by atoms with Gasteiger partial charge in [0, 0.05) is 0 Å². The molecule has 5 nitrogen and oxygen atoms in total. The van der Waals surface area contributed by atoms with Crippen molar-refractivity contribution >= 4 is 6.09 Å². The van der Waals surface area contributed by atoms with Crippen molar-refractivity contribution in [2.75, 3.05) is 13.2 Å². The molecule has 2 N–H and O–H groups in total. The zero-order valence-corrected chi connectivity index (χ0v) is 10.7. The van der Waals surface area contributed by atoms with Crippen molar-refractivity contribution in [1.29, 1.82) is 0 Å². The van der Waals surface area contributed by atoms with E-state index in [1.807, 2.05) is 30.3 Å². The number of amides is 1. The van der Waals surface area contributed by atoms with Gasteiger partial charge in [0.15, 0.2) is 0 Å². The predicted octanol–water partition coefficient (Wildman–Crippen LogP) is 1.71. The first-order valence-electron chi connectivity index (χ1n) is 6.46. The molecule has 1 aromatic rings. The predicted molar refractivity (Wildman–Crippen MR) is 69.9 cm³/mol. The van der Waals surface area contributed by atoms with Crippen molar-refractivity contribution in [1.82, 2.24) is 4.90 Å². The van der Waals surface area contributed by atoms with Crippen molar-refractivity contribution in [3.63, 3.8) is 0 Å². The van der Waals surface area contributed by atoms with Crippen molar-refractivity contribution < 1.29 is 19.7 Å². The summed E-state index contributed by atoms with van der Waals surface area (Å²) in [6, 6.07) is 9.33. The molecule has 0 radical (unpaired) electrons. The van der Waals surface area contributed by atoms with Gasteiger partial charge in [0.2, 0.25) is 0 Å². The third kappa shape index (κ3) is 3.45. The molecule has 0 bridgehead atoms. The van der Waals surface area contributed by atoms with Gasteiger partial charge >= 0.3 is 6.09 Å². The molecule has 1 heterocycles. The van der Waals surface area contributed by atoms with Crippen molar-refractivity contribution in [3.05, 3.63) is 35.9 Å². The summed E-state index contributed by atoms with van der Waals surface area (Å²) in [6.07, 6.45) is 0.457. The Bertz CT molecular complexity index is 409. The van der Waals surface area contributed by atoms with Crippen LogP contribution in [0.3, 0.4) is 0 Å². The minimum Gasteiger partial charge on any atom is -0.465 e. The average molecular weight is 265 g/mol. The Labute approximate surface area is 112 Å². The Morgan fingerprint density at radius 3 is 2.58 bits per heavy atom. The number of aliphatic hydroxyl groups is 1. The zero-order valence-electron chi connectivity index (χ0n) is 10.7. The van der Waals surface area contributed by atoms with E-state index < -0.39 is 6.09 Å². The second-order valence-corrected chi connectivity index (χ2v) is 4.76. The minimum absolute atomic E-state index is 0.124. The normalized spacial score (nSPS) is 22.7. The molecule has 19 heavy (non-hydrogen) atoms. The number of benzene rings is 1. The number of hydrogen-bond acceptors (Lipinski definition) is 3. The highest BCUT2D eigenvalue weighted by atomic mass is 16.5. The topological polar surface area (TPSA) is 70.0 Å². The Kier molecular flexibility index (Phi) is 4.76. The molecule has 2 atom stereocenters. The average Bonchev–Trinajstić information content (AvgIpc) is 2.83. The van der Waals surface area contributed by atoms with Crippen LogP contribution < -0.4 is 0 Å². The molecule has 0 aromatic heterocycles. The number of carbonyl (C=O) groups is 1. The molecule has 5 heteroatoms. The maximum Gasteiger partial charge on any atom is 0.407 e. The highest BCUT2D eigenvalue weighted by molar-refractivity contribution is 5.66. The smallest absolute Gasteiger partial charge is 0.407 e. The lowest BCUT2D eigenvalue weighted by Crippen LogP contribution is -2.43. The molecular weight excluding hydrogens is 246 g/mol. The quantitative estimate of drug-likeness (QED) is 0.850. The number of aliphatic hydroxyl groups excluding tert-OH is 1. The number of carboxylic acid groups (broad SMARTS) is 1. The van der Waals surface area contributed by atoms with E-state index in [0.717, 1.165) is 12.0 Å². The van der Waals surface area contributed by atoms with Crippen molar-refractivity contribution in [2.45, 2.75) is 31.5 Å². The van der Waals surface area contributed by atoms with Crippen molar-refractivity contribution in [3.8, 4) is 0 Å². The number of hydrogen-bond donors (Lipinski definition) is 2. The van der Waals surface area contributed by atoms with E-state index >= 15 is 0 Å². The molecule has 0 spiro atoms. The van der Waals surface area contributed by atoms with Gasteiger partial charge in [-0.2, -0.15) is 0 Å². The molecule has 2 rings (SSSR count). The largest absolute Gasteiger partial charge is 0.465 e. The second kappa shape index (κ2) is 6.54. The van der Waals surface area contributed by atoms with E-state index in [1.54, 1.807) is 0 Å². The fourth-order valence-corrected chi connectivity index (χ4v) is 2.50. The summed E-state index contributed by atoms with van der Waals surface area (Å²) < 4.78 is 5.59. The van der Waals surface area contributed by atoms with E-state index in [0.29, 0.717) is 19.6 Å². The molecule has 1 aliphatic rings. The summed E-state index contributed by atoms with van der Waals surface area (Å²) in [4.78, 5) is 12.5. The third-order valence-corrected chi connectivity index (χ3v) is 3.47. The first-order valence-corrected chi connectivity index (χ1v) is 6.46. The summed E-state index contributed by atoms with van der Waals surface area (Å²) in [6.45, 7) is 0.730. The molecule has 1 fully saturated rings. The van der Waals surface area contributed by atoms with Crippen LogP contribution in [0.2, 0.25) is 0 Å². The Balaban J connectivity index is 1.84. The van der Waals surface area contributed by atoms with Gasteiger partial charge in [0.1, 0.15) is 0 Å². The van der Waals surface area contributed by atoms with E-state index in [1.165, 1.54) is 4.90 Å². The van der Waals surface area contributed by atoms with Gasteiger partial charge in [-0.15, -0.1) is 0 Å². The van der Waals surface area contributed by atoms with E-state index in [4.69, 9.17) is 14.9 Å². The zero-order chi connectivity index (χ0) is 13.7. The minimum atomic E-state index is -0.982. The van der Waals surface area contributed by atoms with Crippen LogP contribution >= 0.6 is 0 Å². The third-order valence-electron chi connectivity index (χ3n) is 3.47. The summed E-state index contributed by atoms with van der Waals surface area (Å²) in [5.74, 6) is 0. The molecule has 1 aliphatic heterocycles. The molecule has 2 unspecified atom stereocenters. The van der Waals surface area contributed by atoms with E-state index in [9.17, 15) is 4.79 Å². The Hall–Kier alpha value is -1.59. The Morgan fingerprint density at radius 2 is 1.95 bits per heavy atom. The number of rotatable bonds is 5. The summed E-state index contributed by atoms with van der Waals surface area (Å²) in [5, 5.41) is 18.3. The van der Waals surface area contributed by atoms with Gasteiger partial charge in [-0.05, 0) is 18.4 Å². The van der Waals surface area contributed by atoms with Crippen LogP contribution in [-0.4, -0.2) is 46.5 Å². The SMILES string of the molecule is O=C(O)N1C(CO)CCC1COCc1ccccc1. The molecule has 0 aliphatic carbocycles. The summed E-state index contributed by atoms with van der Waals surface area (Å²) in [5.41, 5.74) is 1.07. The van der Waals surface area contributed by atoms with Gasteiger partial charge < -0.3 is 14.9 Å². The fourth-order valence-electron chi connectivity index (χ4n) is 2.50. The number of likely N-dealkylation sites (tertiary alicyclic amines) is 1. The summed E-state index contributed by atoms with van der Waals surface area (Å²) >= 11 is 0. The maximum absolute atomic E-state index is 11.2. The van der Waals surface area contributed by atoms with Crippen molar-refractivity contribution in [2.24, 2.45) is 0 Å². The molecule has 1 amide bonds. The fraction of sp³-hybridized carbons (Fsp3) is 0.500. The van der Waals surface area contributed by atoms with Crippen LogP contribution in [0.25, 0.3) is 0 Å². The van der Waals surface area contributed by atoms with Crippen LogP contribution in [-0.2, 0) is 11.3 Å². The Morgan fingerprint density at radius 1 is 1.26 bits per heavy atom. The highest BCUT2D eigenvalue weighted by Gasteiger charge is 2.36. The van der Waals surface area contributed by atoms with Gasteiger partial charge in [0.05, 0.1) is 31.9 Å². The maximum atomic E-state index is 11.2. The first kappa shape index (κ1) is 13.8. The van der Waals surface area contributed by atoms with Crippen LogP contribution in [0.4, 0.5) is 4.79 Å². The first-order chi connectivity index (χ1) is 9.22. The molecular formula is C14H19NO4. The van der Waals surface area contributed by atoms with E-state index in [2.05, 4.69) is 0 Å². The molecule has 0 saturated carbocycles. The summed E-state index contributed by atoms with van der Waals surface area (Å²) in [7, 11) is 0. The van der Waals surface area contributed by atoms with Gasteiger partial charge in [-0.3, -0.25) is 4.90 Å². The monoisotopic (exact) mass is 265 g/mol. The van der Waals surface area contributed by atoms with Crippen LogP contribution in [0.5, 0.6) is 0 Å². The van der Waals surface area contributed by atoms with Crippen LogP contribution in [0.1, 0.15) is 18.4 Å². The molecule has 1 saturated heterocycles. The van der Waals surface area contributed by atoms with Gasteiger partial charge in [0.25, 0.3) is 0 Å². The molecule has 1 aromatic carbocycles. The van der Waals surface area contributed by atoms with E-state index in [-0.39, 0.29) is 18.7 Å². The molecule has 104 valence electrons. The number of ether oxygens (including phenoxy) is 1. The lowest BCUT2D eigenvalue weighted by Gasteiger charge is -2.26. The van der Waals surface area contributed by atoms with Gasteiger partial charge in [-0.25, -0.2) is 4.79 Å². The lowest BCUT2D eigenvalue weighted by molar-refractivity contribution is 0.0458. The lowest BCUT2D eigenvalue weighted by atomic mass is 10.2. The van der Waals surface area contributed by atoms with Gasteiger partial charge in [-0.1, -0.05) is 30.3 Å². The standard InChI is InChI=1S/C14H19NO4/c16-8-12-6-7-13(15(12)14(17)18)10-19-9-11-4-2-1-3-5-11/h1-5,12-13,16H,6-10H2,(H,17,18). The van der Waals surface area contributed by atoms with Crippen LogP contribution in [0.15, 0.2) is 30.3 Å².